The van der Waals surface area contributed by atoms with Gasteiger partial charge in [-0.1, -0.05) is 27.7 Å². The molecule has 1 aromatic heterocycles. The Morgan fingerprint density at radius 2 is 1.65 bits per heavy atom. The van der Waals surface area contributed by atoms with Crippen LogP contribution in [-0.2, 0) is 6.54 Å². The van der Waals surface area contributed by atoms with Crippen LogP contribution in [0.15, 0.2) is 0 Å². The van der Waals surface area contributed by atoms with Crippen LogP contribution in [0.5, 0.6) is 0 Å². The molecule has 4 heteroatoms. The van der Waals surface area contributed by atoms with Crippen molar-refractivity contribution >= 4 is 16.5 Å². The summed E-state index contributed by atoms with van der Waals surface area (Å²) in [5.74, 6) is 1.49. The minimum atomic E-state index is 0.745. The molecule has 0 unspecified atom stereocenters. The van der Waals surface area contributed by atoms with Gasteiger partial charge in [0.1, 0.15) is 0 Å². The van der Waals surface area contributed by atoms with Gasteiger partial charge in [-0.15, -0.1) is 11.3 Å². The predicted molar refractivity (Wildman–Crippen MR) is 90.7 cm³/mol. The maximum absolute atomic E-state index is 4.79. The SMILES string of the molecule is CNCc1sc(N(CCC(C)C)CCC(C)C)nc1C. The summed E-state index contributed by atoms with van der Waals surface area (Å²) >= 11 is 1.85. The minimum absolute atomic E-state index is 0.745. The van der Waals surface area contributed by atoms with Gasteiger partial charge in [-0.05, 0) is 38.6 Å². The molecule has 0 aromatic carbocycles. The van der Waals surface area contributed by atoms with Crippen molar-refractivity contribution in [1.29, 1.82) is 0 Å². The van der Waals surface area contributed by atoms with Gasteiger partial charge < -0.3 is 10.2 Å². The topological polar surface area (TPSA) is 28.2 Å². The van der Waals surface area contributed by atoms with Gasteiger partial charge in [0.05, 0.1) is 5.69 Å². The number of nitrogens with one attached hydrogen (secondary N) is 1. The average molecular weight is 298 g/mol. The lowest BCUT2D eigenvalue weighted by atomic mass is 10.1. The Hall–Kier alpha value is -0.610. The van der Waals surface area contributed by atoms with Crippen molar-refractivity contribution in [1.82, 2.24) is 10.3 Å². The summed E-state index contributed by atoms with van der Waals surface area (Å²) in [5, 5.41) is 4.43. The van der Waals surface area contributed by atoms with E-state index in [1.54, 1.807) is 0 Å². The molecule has 1 rings (SSSR count). The number of thiazole rings is 1. The van der Waals surface area contributed by atoms with Crippen molar-refractivity contribution in [2.75, 3.05) is 25.0 Å². The Bertz CT molecular complexity index is 373. The fraction of sp³-hybridized carbons (Fsp3) is 0.812. The molecule has 0 spiro atoms. The lowest BCUT2D eigenvalue weighted by Crippen LogP contribution is -2.27. The number of nitrogens with zero attached hydrogens (tertiary/aromatic N) is 2. The summed E-state index contributed by atoms with van der Waals surface area (Å²) in [6.07, 6.45) is 2.47. The molecular weight excluding hydrogens is 266 g/mol. The second kappa shape index (κ2) is 8.63. The molecule has 0 saturated heterocycles. The van der Waals surface area contributed by atoms with E-state index in [9.17, 15) is 0 Å². The van der Waals surface area contributed by atoms with Crippen LogP contribution in [0.25, 0.3) is 0 Å². The number of hydrogen-bond donors (Lipinski definition) is 1. The van der Waals surface area contributed by atoms with E-state index >= 15 is 0 Å². The van der Waals surface area contributed by atoms with Crippen molar-refractivity contribution < 1.29 is 0 Å². The van der Waals surface area contributed by atoms with Gasteiger partial charge in [-0.2, -0.15) is 0 Å². The zero-order valence-electron chi connectivity index (χ0n) is 14.0. The van der Waals surface area contributed by atoms with Crippen LogP contribution in [-0.4, -0.2) is 25.1 Å². The van der Waals surface area contributed by atoms with Crippen molar-refractivity contribution in [3.63, 3.8) is 0 Å². The molecular formula is C16H31N3S. The van der Waals surface area contributed by atoms with Gasteiger partial charge in [-0.25, -0.2) is 4.98 Å². The highest BCUT2D eigenvalue weighted by molar-refractivity contribution is 7.15. The lowest BCUT2D eigenvalue weighted by Gasteiger charge is -2.23. The molecule has 0 atom stereocenters. The Morgan fingerprint density at radius 1 is 1.10 bits per heavy atom. The second-order valence-corrected chi connectivity index (χ2v) is 7.45. The molecule has 0 fully saturated rings. The summed E-state index contributed by atoms with van der Waals surface area (Å²) < 4.78 is 0. The van der Waals surface area contributed by atoms with Gasteiger partial charge in [0.25, 0.3) is 0 Å². The standard InChI is InChI=1S/C16H31N3S/c1-12(2)7-9-19(10-8-13(3)4)16-18-14(5)15(20-16)11-17-6/h12-13,17H,7-11H2,1-6H3. The van der Waals surface area contributed by atoms with E-state index in [-0.39, 0.29) is 0 Å². The highest BCUT2D eigenvalue weighted by atomic mass is 32.1. The van der Waals surface area contributed by atoms with Crippen LogP contribution >= 0.6 is 11.3 Å². The molecule has 0 radical (unpaired) electrons. The third-order valence-electron chi connectivity index (χ3n) is 3.44. The molecule has 0 amide bonds. The Balaban J connectivity index is 2.76. The maximum atomic E-state index is 4.79. The summed E-state index contributed by atoms with van der Waals surface area (Å²) in [4.78, 5) is 8.64. The van der Waals surface area contributed by atoms with Gasteiger partial charge in [0, 0.05) is 24.5 Å². The molecule has 0 aliphatic rings. The number of anilines is 1. The molecule has 0 bridgehead atoms. The number of hydrogen-bond acceptors (Lipinski definition) is 4. The van der Waals surface area contributed by atoms with Crippen molar-refractivity contribution in [3.05, 3.63) is 10.6 Å². The van der Waals surface area contributed by atoms with Gasteiger partial charge in [0.2, 0.25) is 0 Å². The summed E-state index contributed by atoms with van der Waals surface area (Å²) in [7, 11) is 1.99. The van der Waals surface area contributed by atoms with E-state index in [0.717, 1.165) is 31.5 Å². The molecule has 0 aliphatic heterocycles. The van der Waals surface area contributed by atoms with Crippen LogP contribution in [0.4, 0.5) is 5.13 Å². The van der Waals surface area contributed by atoms with E-state index < -0.39 is 0 Å². The Morgan fingerprint density at radius 3 is 2.10 bits per heavy atom. The van der Waals surface area contributed by atoms with Crippen molar-refractivity contribution in [3.8, 4) is 0 Å². The van der Waals surface area contributed by atoms with Crippen molar-refractivity contribution in [2.24, 2.45) is 11.8 Å². The molecule has 116 valence electrons. The lowest BCUT2D eigenvalue weighted by molar-refractivity contribution is 0.535. The number of aromatic nitrogens is 1. The predicted octanol–water partition coefficient (Wildman–Crippen LogP) is 4.07. The zero-order chi connectivity index (χ0) is 15.1. The first-order chi connectivity index (χ1) is 9.43. The van der Waals surface area contributed by atoms with E-state index in [0.29, 0.717) is 0 Å². The molecule has 0 saturated carbocycles. The highest BCUT2D eigenvalue weighted by Crippen LogP contribution is 2.27. The monoisotopic (exact) mass is 297 g/mol. The third-order valence-corrected chi connectivity index (χ3v) is 4.66. The second-order valence-electron chi connectivity index (χ2n) is 6.39. The van der Waals surface area contributed by atoms with Gasteiger partial charge in [0.15, 0.2) is 5.13 Å². The fourth-order valence-corrected chi connectivity index (χ4v) is 3.13. The van der Waals surface area contributed by atoms with Gasteiger partial charge in [-0.3, -0.25) is 0 Å². The Kier molecular flexibility index (Phi) is 7.52. The van der Waals surface area contributed by atoms with Crippen LogP contribution < -0.4 is 10.2 Å². The van der Waals surface area contributed by atoms with E-state index in [4.69, 9.17) is 4.98 Å². The quantitative estimate of drug-likeness (QED) is 0.744. The van der Waals surface area contributed by atoms with Gasteiger partial charge >= 0.3 is 0 Å². The zero-order valence-corrected chi connectivity index (χ0v) is 14.8. The minimum Gasteiger partial charge on any atom is -0.348 e. The van der Waals surface area contributed by atoms with Crippen LogP contribution in [0.1, 0.15) is 51.1 Å². The molecule has 20 heavy (non-hydrogen) atoms. The molecule has 0 aliphatic carbocycles. The maximum Gasteiger partial charge on any atom is 0.185 e. The average Bonchev–Trinajstić information content (AvgIpc) is 2.70. The van der Waals surface area contributed by atoms with E-state index in [1.807, 2.05) is 18.4 Å². The summed E-state index contributed by atoms with van der Waals surface area (Å²) in [6, 6.07) is 0. The fourth-order valence-electron chi connectivity index (χ4n) is 2.00. The van der Waals surface area contributed by atoms with Crippen LogP contribution in [0, 0.1) is 18.8 Å². The molecule has 1 N–H and O–H groups in total. The number of rotatable bonds is 9. The summed E-state index contributed by atoms with van der Waals surface area (Å²) in [6.45, 7) is 14.5. The van der Waals surface area contributed by atoms with E-state index in [1.165, 1.54) is 28.5 Å². The third kappa shape index (κ3) is 5.80. The number of aryl methyl sites for hydroxylation is 1. The van der Waals surface area contributed by atoms with E-state index in [2.05, 4.69) is 44.8 Å². The molecule has 1 aromatic rings. The largest absolute Gasteiger partial charge is 0.348 e. The smallest absolute Gasteiger partial charge is 0.185 e. The molecule has 3 nitrogen and oxygen atoms in total. The summed E-state index contributed by atoms with van der Waals surface area (Å²) in [5.41, 5.74) is 1.18. The Labute approximate surface area is 128 Å². The molecule has 1 heterocycles. The van der Waals surface area contributed by atoms with Crippen LogP contribution in [0.2, 0.25) is 0 Å². The highest BCUT2D eigenvalue weighted by Gasteiger charge is 2.14. The van der Waals surface area contributed by atoms with Crippen molar-refractivity contribution in [2.45, 2.75) is 54.0 Å². The first kappa shape index (κ1) is 17.4. The normalized spacial score (nSPS) is 11.6. The first-order valence-corrected chi connectivity index (χ1v) is 8.61. The van der Waals surface area contributed by atoms with Crippen LogP contribution in [0.3, 0.4) is 0 Å². The first-order valence-electron chi connectivity index (χ1n) is 7.79.